The van der Waals surface area contributed by atoms with Crippen LogP contribution in [-0.4, -0.2) is 28.2 Å². The summed E-state index contributed by atoms with van der Waals surface area (Å²) in [5.74, 6) is -0.676. The van der Waals surface area contributed by atoms with Crippen LogP contribution in [0.4, 0.5) is 4.39 Å². The fraction of sp³-hybridized carbons (Fsp3) is 0.250. The highest BCUT2D eigenvalue weighted by Gasteiger charge is 2.20. The Bertz CT molecular complexity index is 1390. The van der Waals surface area contributed by atoms with E-state index in [0.29, 0.717) is 41.6 Å². The lowest BCUT2D eigenvalue weighted by molar-refractivity contribution is 0.0944. The molecule has 186 valence electrons. The Morgan fingerprint density at radius 3 is 2.39 bits per heavy atom. The van der Waals surface area contributed by atoms with Crippen LogP contribution in [0.5, 0.6) is 0 Å². The van der Waals surface area contributed by atoms with Crippen molar-refractivity contribution in [3.05, 3.63) is 122 Å². The molecule has 0 saturated heterocycles. The van der Waals surface area contributed by atoms with Crippen molar-refractivity contribution in [2.75, 3.05) is 7.11 Å². The van der Waals surface area contributed by atoms with Gasteiger partial charge >= 0.3 is 0 Å². The van der Waals surface area contributed by atoms with Gasteiger partial charge in [0.25, 0.3) is 11.5 Å². The van der Waals surface area contributed by atoms with E-state index in [1.165, 1.54) is 0 Å². The second kappa shape index (κ2) is 11.6. The van der Waals surface area contributed by atoms with Crippen LogP contribution >= 0.6 is 0 Å². The van der Waals surface area contributed by atoms with Crippen molar-refractivity contribution in [3.8, 4) is 0 Å². The van der Waals surface area contributed by atoms with Crippen LogP contribution in [0.1, 0.15) is 56.5 Å². The second-order valence-corrected chi connectivity index (χ2v) is 8.58. The summed E-state index contributed by atoms with van der Waals surface area (Å²) in [5.41, 5.74) is 5.34. The molecule has 0 spiro atoms. The maximum absolute atomic E-state index is 14.6. The third kappa shape index (κ3) is 5.78. The van der Waals surface area contributed by atoms with Crippen molar-refractivity contribution >= 4 is 5.91 Å². The number of aromatic amines is 2. The Kier molecular flexibility index (Phi) is 8.07. The van der Waals surface area contributed by atoms with Gasteiger partial charge < -0.3 is 15.0 Å². The van der Waals surface area contributed by atoms with Gasteiger partial charge in [0, 0.05) is 49.4 Å². The number of nitrogens with zero attached hydrogens (tertiary/aromatic N) is 1. The highest BCUT2D eigenvalue weighted by molar-refractivity contribution is 5.94. The molecule has 4 aromatic rings. The number of aryl methyl sites for hydroxylation is 1. The minimum absolute atomic E-state index is 0.0672. The van der Waals surface area contributed by atoms with Crippen LogP contribution in [0.15, 0.2) is 65.6 Å². The average molecular weight is 489 g/mol. The minimum atomic E-state index is -0.384. The van der Waals surface area contributed by atoms with Crippen molar-refractivity contribution in [3.63, 3.8) is 0 Å². The van der Waals surface area contributed by atoms with Crippen LogP contribution in [0.2, 0.25) is 0 Å². The van der Waals surface area contributed by atoms with Gasteiger partial charge in [0.05, 0.1) is 12.3 Å². The van der Waals surface area contributed by atoms with Crippen molar-refractivity contribution in [2.45, 2.75) is 39.3 Å². The van der Waals surface area contributed by atoms with E-state index in [4.69, 9.17) is 4.74 Å². The molecule has 0 aliphatic rings. The van der Waals surface area contributed by atoms with E-state index in [2.05, 4.69) is 20.5 Å². The summed E-state index contributed by atoms with van der Waals surface area (Å²) in [6, 6.07) is 16.7. The van der Waals surface area contributed by atoms with Crippen LogP contribution < -0.4 is 10.9 Å². The summed E-state index contributed by atoms with van der Waals surface area (Å²) in [5, 5.41) is 9.94. The normalized spacial score (nSPS) is 11.0. The van der Waals surface area contributed by atoms with E-state index in [0.717, 1.165) is 16.7 Å². The van der Waals surface area contributed by atoms with Gasteiger partial charge in [0.2, 0.25) is 0 Å². The molecule has 7 nitrogen and oxygen atoms in total. The van der Waals surface area contributed by atoms with Crippen molar-refractivity contribution in [2.24, 2.45) is 0 Å². The van der Waals surface area contributed by atoms with Crippen LogP contribution in [0.3, 0.4) is 0 Å². The molecule has 0 atom stereocenters. The first-order chi connectivity index (χ1) is 17.5. The topological polar surface area (TPSA) is 99.9 Å². The predicted octanol–water partition coefficient (Wildman–Crippen LogP) is 4.06. The molecule has 36 heavy (non-hydrogen) atoms. The number of amides is 1. The molecule has 0 radical (unpaired) electrons. The minimum Gasteiger partial charge on any atom is -0.378 e. The molecule has 0 unspecified atom stereocenters. The van der Waals surface area contributed by atoms with E-state index in [1.807, 2.05) is 43.3 Å². The fourth-order valence-corrected chi connectivity index (χ4v) is 4.14. The molecule has 0 saturated carbocycles. The molecule has 0 bridgehead atoms. The van der Waals surface area contributed by atoms with Crippen LogP contribution in [-0.2, 0) is 37.2 Å². The molecule has 8 heteroatoms. The maximum atomic E-state index is 14.6. The predicted molar refractivity (Wildman–Crippen MR) is 135 cm³/mol. The molecule has 0 aliphatic carbocycles. The quantitative estimate of drug-likeness (QED) is 0.313. The van der Waals surface area contributed by atoms with Gasteiger partial charge in [-0.2, -0.15) is 5.10 Å². The zero-order valence-electron chi connectivity index (χ0n) is 20.4. The van der Waals surface area contributed by atoms with E-state index >= 15 is 0 Å². The SMILES string of the molecule is CCc1cccc(CNC(=O)c2n[nH]c(COC)c2Cc2ccc(Cc3ccc[nH]c3=O)cc2)c1F. The Labute approximate surface area is 208 Å². The zero-order valence-corrected chi connectivity index (χ0v) is 20.4. The lowest BCUT2D eigenvalue weighted by Crippen LogP contribution is -2.25. The summed E-state index contributed by atoms with van der Waals surface area (Å²) >= 11 is 0. The molecule has 4 rings (SSSR count). The standard InChI is InChI=1S/C28H29FN4O3/c1-3-20-6-4-7-22(25(20)29)16-31-28(35)26-23(24(17-36-2)32-33-26)15-19-11-9-18(10-12-19)14-21-8-5-13-30-27(21)34/h4-13H,3,14-17H2,1-2H3,(H,30,34)(H,31,35)(H,32,33). The molecule has 2 heterocycles. The fourth-order valence-electron chi connectivity index (χ4n) is 4.14. The molecular formula is C28H29FN4O3. The lowest BCUT2D eigenvalue weighted by atomic mass is 9.99. The monoisotopic (exact) mass is 488 g/mol. The third-order valence-electron chi connectivity index (χ3n) is 6.13. The van der Waals surface area contributed by atoms with E-state index in [-0.39, 0.29) is 36.1 Å². The molecule has 2 aromatic carbocycles. The molecule has 3 N–H and O–H groups in total. The number of halogens is 1. The second-order valence-electron chi connectivity index (χ2n) is 8.58. The Morgan fingerprint density at radius 2 is 1.69 bits per heavy atom. The van der Waals surface area contributed by atoms with Crippen molar-refractivity contribution in [1.82, 2.24) is 20.5 Å². The summed E-state index contributed by atoms with van der Waals surface area (Å²) in [4.78, 5) is 27.7. The number of ether oxygens (including phenoxy) is 1. The molecule has 0 aliphatic heterocycles. The maximum Gasteiger partial charge on any atom is 0.272 e. The van der Waals surface area contributed by atoms with Gasteiger partial charge in [-0.05, 0) is 29.2 Å². The van der Waals surface area contributed by atoms with E-state index in [9.17, 15) is 14.0 Å². The number of H-pyrrole nitrogens is 2. The zero-order chi connectivity index (χ0) is 25.5. The summed E-state index contributed by atoms with van der Waals surface area (Å²) in [6.07, 6.45) is 3.19. The van der Waals surface area contributed by atoms with Gasteiger partial charge in [0.1, 0.15) is 5.82 Å². The van der Waals surface area contributed by atoms with Gasteiger partial charge in [-0.3, -0.25) is 14.7 Å². The van der Waals surface area contributed by atoms with Gasteiger partial charge in [-0.1, -0.05) is 55.5 Å². The number of hydrogen-bond donors (Lipinski definition) is 3. The number of pyridine rings is 1. The van der Waals surface area contributed by atoms with E-state index in [1.54, 1.807) is 31.5 Å². The van der Waals surface area contributed by atoms with Gasteiger partial charge in [-0.15, -0.1) is 0 Å². The Hall–Kier alpha value is -4.04. The summed E-state index contributed by atoms with van der Waals surface area (Å²) in [6.45, 7) is 2.23. The molecule has 2 aromatic heterocycles. The van der Waals surface area contributed by atoms with Gasteiger partial charge in [0.15, 0.2) is 5.69 Å². The van der Waals surface area contributed by atoms with Gasteiger partial charge in [-0.25, -0.2) is 4.39 Å². The number of nitrogens with one attached hydrogen (secondary N) is 3. The molecule has 1 amide bonds. The first kappa shape index (κ1) is 25.1. The molecule has 0 fully saturated rings. The Morgan fingerprint density at radius 1 is 1.00 bits per heavy atom. The number of carbonyl (C=O) groups excluding carboxylic acids is 1. The number of aromatic nitrogens is 3. The van der Waals surface area contributed by atoms with Crippen molar-refractivity contribution in [1.29, 1.82) is 0 Å². The number of carbonyl (C=O) groups is 1. The largest absolute Gasteiger partial charge is 0.378 e. The Balaban J connectivity index is 1.50. The highest BCUT2D eigenvalue weighted by Crippen LogP contribution is 2.20. The first-order valence-corrected chi connectivity index (χ1v) is 11.8. The highest BCUT2D eigenvalue weighted by atomic mass is 19.1. The third-order valence-corrected chi connectivity index (χ3v) is 6.13. The first-order valence-electron chi connectivity index (χ1n) is 11.8. The smallest absolute Gasteiger partial charge is 0.272 e. The van der Waals surface area contributed by atoms with E-state index < -0.39 is 0 Å². The summed E-state index contributed by atoms with van der Waals surface area (Å²) in [7, 11) is 1.58. The number of hydrogen-bond acceptors (Lipinski definition) is 4. The average Bonchev–Trinajstić information content (AvgIpc) is 3.28. The van der Waals surface area contributed by atoms with Crippen molar-refractivity contribution < 1.29 is 13.9 Å². The number of rotatable bonds is 10. The molecular weight excluding hydrogens is 459 g/mol. The number of benzene rings is 2. The summed E-state index contributed by atoms with van der Waals surface area (Å²) < 4.78 is 19.9. The number of methoxy groups -OCH3 is 1. The van der Waals surface area contributed by atoms with Crippen LogP contribution in [0, 0.1) is 5.82 Å². The lowest BCUT2D eigenvalue weighted by Gasteiger charge is -2.10. The van der Waals surface area contributed by atoms with Crippen LogP contribution in [0.25, 0.3) is 0 Å².